The SMILES string of the molecule is COc1cccc(C(c2cc(C)cc(C)c2)N2CCCNCC2)c1OC. The van der Waals surface area contributed by atoms with Crippen molar-refractivity contribution in [3.63, 3.8) is 0 Å². The lowest BCUT2D eigenvalue weighted by Crippen LogP contribution is -2.33. The molecule has 2 aromatic carbocycles. The van der Waals surface area contributed by atoms with Crippen LogP contribution in [0.1, 0.15) is 34.7 Å². The molecule has 1 atom stereocenters. The van der Waals surface area contributed by atoms with E-state index < -0.39 is 0 Å². The van der Waals surface area contributed by atoms with Gasteiger partial charge in [-0.15, -0.1) is 0 Å². The highest BCUT2D eigenvalue weighted by Gasteiger charge is 2.27. The number of nitrogens with zero attached hydrogens (tertiary/aromatic N) is 1. The van der Waals surface area contributed by atoms with Crippen molar-refractivity contribution >= 4 is 0 Å². The quantitative estimate of drug-likeness (QED) is 0.888. The summed E-state index contributed by atoms with van der Waals surface area (Å²) in [6, 6.07) is 13.2. The van der Waals surface area contributed by atoms with Gasteiger partial charge in [0.25, 0.3) is 0 Å². The third-order valence-electron chi connectivity index (χ3n) is 5.03. The molecule has 140 valence electrons. The minimum absolute atomic E-state index is 0.151. The van der Waals surface area contributed by atoms with Gasteiger partial charge in [-0.3, -0.25) is 4.90 Å². The van der Waals surface area contributed by atoms with Gasteiger partial charge >= 0.3 is 0 Å². The fourth-order valence-corrected chi connectivity index (χ4v) is 4.01. The van der Waals surface area contributed by atoms with Crippen LogP contribution >= 0.6 is 0 Å². The first-order valence-corrected chi connectivity index (χ1v) is 9.38. The first-order valence-electron chi connectivity index (χ1n) is 9.38. The average molecular weight is 354 g/mol. The van der Waals surface area contributed by atoms with E-state index in [0.29, 0.717) is 0 Å². The summed E-state index contributed by atoms with van der Waals surface area (Å²) in [4.78, 5) is 2.56. The van der Waals surface area contributed by atoms with Gasteiger partial charge in [0.05, 0.1) is 20.3 Å². The van der Waals surface area contributed by atoms with E-state index >= 15 is 0 Å². The molecule has 1 aliphatic heterocycles. The fraction of sp³-hybridized carbons (Fsp3) is 0.455. The summed E-state index contributed by atoms with van der Waals surface area (Å²) in [6.07, 6.45) is 1.15. The molecule has 0 aliphatic carbocycles. The normalized spacial score (nSPS) is 16.8. The van der Waals surface area contributed by atoms with Gasteiger partial charge in [0.1, 0.15) is 0 Å². The molecule has 0 radical (unpaired) electrons. The highest BCUT2D eigenvalue weighted by molar-refractivity contribution is 5.51. The molecule has 4 nitrogen and oxygen atoms in total. The van der Waals surface area contributed by atoms with Crippen LogP contribution in [-0.2, 0) is 0 Å². The van der Waals surface area contributed by atoms with Gasteiger partial charge in [-0.1, -0.05) is 41.5 Å². The third-order valence-corrected chi connectivity index (χ3v) is 5.03. The molecule has 0 bridgehead atoms. The first-order chi connectivity index (χ1) is 12.6. The van der Waals surface area contributed by atoms with Crippen LogP contribution in [0.4, 0.5) is 0 Å². The van der Waals surface area contributed by atoms with E-state index in [1.807, 2.05) is 6.07 Å². The molecule has 0 spiro atoms. The van der Waals surface area contributed by atoms with Crippen molar-refractivity contribution in [1.82, 2.24) is 10.2 Å². The number of benzene rings is 2. The van der Waals surface area contributed by atoms with Crippen molar-refractivity contribution in [3.8, 4) is 11.5 Å². The molecule has 26 heavy (non-hydrogen) atoms. The topological polar surface area (TPSA) is 33.7 Å². The van der Waals surface area contributed by atoms with Gasteiger partial charge in [-0.25, -0.2) is 0 Å². The highest BCUT2D eigenvalue weighted by atomic mass is 16.5. The Balaban J connectivity index is 2.14. The van der Waals surface area contributed by atoms with E-state index in [0.717, 1.165) is 44.1 Å². The molecule has 3 rings (SSSR count). The highest BCUT2D eigenvalue weighted by Crippen LogP contribution is 2.40. The van der Waals surface area contributed by atoms with E-state index in [2.05, 4.69) is 54.4 Å². The molecule has 1 N–H and O–H groups in total. The molecular weight excluding hydrogens is 324 g/mol. The van der Waals surface area contributed by atoms with Crippen molar-refractivity contribution in [3.05, 3.63) is 58.7 Å². The smallest absolute Gasteiger partial charge is 0.165 e. The van der Waals surface area contributed by atoms with E-state index in [9.17, 15) is 0 Å². The molecule has 0 saturated carbocycles. The first kappa shape index (κ1) is 18.7. The van der Waals surface area contributed by atoms with E-state index in [1.165, 1.54) is 22.3 Å². The summed E-state index contributed by atoms with van der Waals surface area (Å²) in [5, 5.41) is 3.51. The summed E-state index contributed by atoms with van der Waals surface area (Å²) in [5.41, 5.74) is 5.06. The Morgan fingerprint density at radius 1 is 0.962 bits per heavy atom. The molecule has 1 unspecified atom stereocenters. The number of rotatable bonds is 5. The number of nitrogens with one attached hydrogen (secondary N) is 1. The van der Waals surface area contributed by atoms with Gasteiger partial charge in [0.2, 0.25) is 0 Å². The van der Waals surface area contributed by atoms with Crippen molar-refractivity contribution < 1.29 is 9.47 Å². The summed E-state index contributed by atoms with van der Waals surface area (Å²) in [5.74, 6) is 1.61. The van der Waals surface area contributed by atoms with Gasteiger partial charge in [0.15, 0.2) is 11.5 Å². The Bertz CT molecular complexity index is 717. The summed E-state index contributed by atoms with van der Waals surface area (Å²) >= 11 is 0. The number of ether oxygens (including phenoxy) is 2. The Morgan fingerprint density at radius 3 is 2.42 bits per heavy atom. The van der Waals surface area contributed by atoms with Crippen molar-refractivity contribution in [2.75, 3.05) is 40.4 Å². The summed E-state index contributed by atoms with van der Waals surface area (Å²) in [7, 11) is 3.42. The Morgan fingerprint density at radius 2 is 1.73 bits per heavy atom. The van der Waals surface area contributed by atoms with Crippen molar-refractivity contribution in [2.45, 2.75) is 26.3 Å². The van der Waals surface area contributed by atoms with Crippen LogP contribution in [0.25, 0.3) is 0 Å². The second-order valence-corrected chi connectivity index (χ2v) is 7.05. The molecule has 1 saturated heterocycles. The number of para-hydroxylation sites is 1. The standard InChI is InChI=1S/C22H30N2O2/c1-16-13-17(2)15-18(14-16)21(24-11-6-9-23-10-12-24)19-7-5-8-20(25-3)22(19)26-4/h5,7-8,13-15,21,23H,6,9-12H2,1-4H3. The number of hydrogen-bond acceptors (Lipinski definition) is 4. The second-order valence-electron chi connectivity index (χ2n) is 7.05. The number of aryl methyl sites for hydroxylation is 2. The number of hydrogen-bond donors (Lipinski definition) is 1. The Kier molecular flexibility index (Phi) is 6.17. The van der Waals surface area contributed by atoms with Crippen molar-refractivity contribution in [2.24, 2.45) is 0 Å². The van der Waals surface area contributed by atoms with Crippen LogP contribution in [0.3, 0.4) is 0 Å². The van der Waals surface area contributed by atoms with Gasteiger partial charge in [0, 0.05) is 25.2 Å². The van der Waals surface area contributed by atoms with Crippen LogP contribution in [-0.4, -0.2) is 45.3 Å². The molecule has 1 heterocycles. The van der Waals surface area contributed by atoms with Gasteiger partial charge < -0.3 is 14.8 Å². The lowest BCUT2D eigenvalue weighted by molar-refractivity contribution is 0.234. The summed E-state index contributed by atoms with van der Waals surface area (Å²) < 4.78 is 11.4. The zero-order valence-corrected chi connectivity index (χ0v) is 16.3. The minimum atomic E-state index is 0.151. The third kappa shape index (κ3) is 4.02. The Labute approximate surface area is 157 Å². The van der Waals surface area contributed by atoms with Crippen LogP contribution < -0.4 is 14.8 Å². The Hall–Kier alpha value is -2.04. The molecular formula is C22H30N2O2. The predicted octanol–water partition coefficient (Wildman–Crippen LogP) is 3.71. The van der Waals surface area contributed by atoms with E-state index in [4.69, 9.17) is 9.47 Å². The molecule has 4 heteroatoms. The average Bonchev–Trinajstić information content (AvgIpc) is 2.90. The predicted molar refractivity (Wildman–Crippen MR) is 106 cm³/mol. The molecule has 0 amide bonds. The van der Waals surface area contributed by atoms with Crippen LogP contribution in [0.15, 0.2) is 36.4 Å². The zero-order chi connectivity index (χ0) is 18.5. The van der Waals surface area contributed by atoms with Gasteiger partial charge in [-0.05, 0) is 38.4 Å². The molecule has 1 fully saturated rings. The maximum atomic E-state index is 5.79. The molecule has 2 aromatic rings. The minimum Gasteiger partial charge on any atom is -0.493 e. The van der Waals surface area contributed by atoms with Crippen molar-refractivity contribution in [1.29, 1.82) is 0 Å². The molecule has 0 aromatic heterocycles. The van der Waals surface area contributed by atoms with Crippen LogP contribution in [0.2, 0.25) is 0 Å². The maximum absolute atomic E-state index is 5.79. The molecule has 1 aliphatic rings. The lowest BCUT2D eigenvalue weighted by atomic mass is 9.93. The van der Waals surface area contributed by atoms with E-state index in [-0.39, 0.29) is 6.04 Å². The van der Waals surface area contributed by atoms with Crippen LogP contribution in [0.5, 0.6) is 11.5 Å². The largest absolute Gasteiger partial charge is 0.493 e. The van der Waals surface area contributed by atoms with E-state index in [1.54, 1.807) is 14.2 Å². The van der Waals surface area contributed by atoms with Gasteiger partial charge in [-0.2, -0.15) is 0 Å². The maximum Gasteiger partial charge on any atom is 0.165 e. The number of methoxy groups -OCH3 is 2. The monoisotopic (exact) mass is 354 g/mol. The summed E-state index contributed by atoms with van der Waals surface area (Å²) in [6.45, 7) is 8.49. The zero-order valence-electron chi connectivity index (χ0n) is 16.3. The lowest BCUT2D eigenvalue weighted by Gasteiger charge is -2.33. The second kappa shape index (κ2) is 8.56. The van der Waals surface area contributed by atoms with Crippen LogP contribution in [0, 0.1) is 13.8 Å². The fourth-order valence-electron chi connectivity index (χ4n) is 4.01.